The molecular formula is C16H18N2O3. The van der Waals surface area contributed by atoms with Crippen molar-refractivity contribution < 1.29 is 14.7 Å². The number of nitrogens with zero attached hydrogens (tertiary/aromatic N) is 1. The average Bonchev–Trinajstić information content (AvgIpc) is 2.75. The van der Waals surface area contributed by atoms with E-state index in [-0.39, 0.29) is 24.1 Å². The number of rotatable bonds is 2. The van der Waals surface area contributed by atoms with E-state index in [0.29, 0.717) is 0 Å². The van der Waals surface area contributed by atoms with E-state index in [0.717, 1.165) is 24.8 Å². The fraction of sp³-hybridized carbons (Fsp3) is 0.375. The fourth-order valence-corrected chi connectivity index (χ4v) is 3.02. The average molecular weight is 286 g/mol. The Morgan fingerprint density at radius 2 is 2.14 bits per heavy atom. The number of likely N-dealkylation sites (N-methyl/N-ethyl adjacent to an activating group) is 1. The fourth-order valence-electron chi connectivity index (χ4n) is 3.02. The molecule has 1 unspecified atom stereocenters. The monoisotopic (exact) mass is 286 g/mol. The van der Waals surface area contributed by atoms with Gasteiger partial charge in [0.1, 0.15) is 0 Å². The SMILES string of the molecule is CN1CC(C(=O)NC2CCCc3ccccc32)=C(O)C1=O. The third-order valence-corrected chi connectivity index (χ3v) is 4.18. The van der Waals surface area contributed by atoms with Crippen molar-refractivity contribution in [3.8, 4) is 0 Å². The summed E-state index contributed by atoms with van der Waals surface area (Å²) in [4.78, 5) is 25.2. The van der Waals surface area contributed by atoms with Crippen LogP contribution in [0.5, 0.6) is 0 Å². The van der Waals surface area contributed by atoms with Crippen molar-refractivity contribution >= 4 is 11.8 Å². The summed E-state index contributed by atoms with van der Waals surface area (Å²) in [6.45, 7) is 0.158. The zero-order valence-corrected chi connectivity index (χ0v) is 11.9. The predicted octanol–water partition coefficient (Wildman–Crippen LogP) is 1.46. The van der Waals surface area contributed by atoms with E-state index in [1.165, 1.54) is 10.5 Å². The van der Waals surface area contributed by atoms with E-state index < -0.39 is 11.7 Å². The zero-order chi connectivity index (χ0) is 15.0. The Morgan fingerprint density at radius 3 is 2.86 bits per heavy atom. The van der Waals surface area contributed by atoms with E-state index in [2.05, 4.69) is 11.4 Å². The van der Waals surface area contributed by atoms with Crippen LogP contribution in [-0.2, 0) is 16.0 Å². The highest BCUT2D eigenvalue weighted by molar-refractivity contribution is 6.06. The number of hydrogen-bond donors (Lipinski definition) is 2. The molecule has 5 nitrogen and oxygen atoms in total. The molecular weight excluding hydrogens is 268 g/mol. The molecule has 0 radical (unpaired) electrons. The topological polar surface area (TPSA) is 69.6 Å². The lowest BCUT2D eigenvalue weighted by molar-refractivity contribution is -0.126. The van der Waals surface area contributed by atoms with Gasteiger partial charge in [0.2, 0.25) is 0 Å². The van der Waals surface area contributed by atoms with Gasteiger partial charge in [0.25, 0.3) is 11.8 Å². The minimum absolute atomic E-state index is 0.0521. The van der Waals surface area contributed by atoms with Gasteiger partial charge in [0, 0.05) is 7.05 Å². The molecule has 2 N–H and O–H groups in total. The molecule has 1 aliphatic heterocycles. The van der Waals surface area contributed by atoms with E-state index in [1.54, 1.807) is 7.05 Å². The Labute approximate surface area is 123 Å². The largest absolute Gasteiger partial charge is 0.503 e. The summed E-state index contributed by atoms with van der Waals surface area (Å²) in [7, 11) is 1.56. The number of carbonyl (C=O) groups is 2. The molecule has 5 heteroatoms. The molecule has 0 bridgehead atoms. The van der Waals surface area contributed by atoms with E-state index >= 15 is 0 Å². The third kappa shape index (κ3) is 2.39. The second-order valence-electron chi connectivity index (χ2n) is 5.61. The molecule has 21 heavy (non-hydrogen) atoms. The highest BCUT2D eigenvalue weighted by Gasteiger charge is 2.33. The van der Waals surface area contributed by atoms with Gasteiger partial charge in [0.05, 0.1) is 18.2 Å². The second kappa shape index (κ2) is 5.24. The maximum Gasteiger partial charge on any atom is 0.289 e. The Hall–Kier alpha value is -2.30. The standard InChI is InChI=1S/C16H18N2O3/c1-18-9-12(14(19)16(18)21)15(20)17-13-8-4-6-10-5-2-3-7-11(10)13/h2-3,5,7,13,19H,4,6,8-9H2,1H3,(H,17,20). The van der Waals surface area contributed by atoms with Gasteiger partial charge >= 0.3 is 0 Å². The summed E-state index contributed by atoms with van der Waals surface area (Å²) in [5.74, 6) is -1.28. The Bertz CT molecular complexity index is 636. The quantitative estimate of drug-likeness (QED) is 0.865. The van der Waals surface area contributed by atoms with Crippen LogP contribution < -0.4 is 5.32 Å². The van der Waals surface area contributed by atoms with E-state index in [9.17, 15) is 14.7 Å². The summed E-state index contributed by atoms with van der Waals surface area (Å²) in [6.07, 6.45) is 2.92. The first-order valence-corrected chi connectivity index (χ1v) is 7.14. The molecule has 1 aromatic carbocycles. The van der Waals surface area contributed by atoms with Crippen LogP contribution in [0.2, 0.25) is 0 Å². The number of aryl methyl sites for hydroxylation is 1. The van der Waals surface area contributed by atoms with Crippen molar-refractivity contribution in [1.82, 2.24) is 10.2 Å². The highest BCUT2D eigenvalue weighted by atomic mass is 16.3. The van der Waals surface area contributed by atoms with Gasteiger partial charge in [-0.2, -0.15) is 0 Å². The van der Waals surface area contributed by atoms with Crippen molar-refractivity contribution in [2.24, 2.45) is 0 Å². The molecule has 2 aliphatic rings. The molecule has 1 aliphatic carbocycles. The van der Waals surface area contributed by atoms with E-state index in [1.807, 2.05) is 18.2 Å². The van der Waals surface area contributed by atoms with Gasteiger partial charge in [-0.1, -0.05) is 24.3 Å². The molecule has 1 heterocycles. The van der Waals surface area contributed by atoms with Gasteiger partial charge in [-0.25, -0.2) is 0 Å². The van der Waals surface area contributed by atoms with Crippen molar-refractivity contribution in [3.63, 3.8) is 0 Å². The number of aliphatic hydroxyl groups excluding tert-OH is 1. The lowest BCUT2D eigenvalue weighted by Crippen LogP contribution is -2.33. The summed E-state index contributed by atoms with van der Waals surface area (Å²) < 4.78 is 0. The molecule has 1 atom stereocenters. The van der Waals surface area contributed by atoms with Crippen molar-refractivity contribution in [1.29, 1.82) is 0 Å². The normalized spacial score (nSPS) is 21.5. The van der Waals surface area contributed by atoms with Crippen LogP contribution >= 0.6 is 0 Å². The van der Waals surface area contributed by atoms with E-state index in [4.69, 9.17) is 0 Å². The molecule has 2 amide bonds. The zero-order valence-electron chi connectivity index (χ0n) is 11.9. The number of hydrogen-bond acceptors (Lipinski definition) is 3. The Balaban J connectivity index is 1.79. The summed E-state index contributed by atoms with van der Waals surface area (Å²) in [5.41, 5.74) is 2.55. The smallest absolute Gasteiger partial charge is 0.289 e. The lowest BCUT2D eigenvalue weighted by Gasteiger charge is -2.26. The summed E-state index contributed by atoms with van der Waals surface area (Å²) >= 11 is 0. The number of benzene rings is 1. The maximum absolute atomic E-state index is 12.3. The predicted molar refractivity (Wildman–Crippen MR) is 77.6 cm³/mol. The molecule has 1 aromatic rings. The first-order chi connectivity index (χ1) is 10.1. The molecule has 0 spiro atoms. The highest BCUT2D eigenvalue weighted by Crippen LogP contribution is 2.30. The molecule has 0 aromatic heterocycles. The summed E-state index contributed by atoms with van der Waals surface area (Å²) in [5, 5.41) is 12.7. The molecule has 3 rings (SSSR count). The van der Waals surface area contributed by atoms with Gasteiger partial charge in [-0.05, 0) is 30.4 Å². The Morgan fingerprint density at radius 1 is 1.38 bits per heavy atom. The minimum atomic E-state index is -0.496. The van der Waals surface area contributed by atoms with Crippen LogP contribution in [0.25, 0.3) is 0 Å². The van der Waals surface area contributed by atoms with Crippen molar-refractivity contribution in [2.45, 2.75) is 25.3 Å². The maximum atomic E-state index is 12.3. The lowest BCUT2D eigenvalue weighted by atomic mass is 9.87. The molecule has 0 saturated heterocycles. The van der Waals surface area contributed by atoms with Crippen LogP contribution in [0.3, 0.4) is 0 Å². The Kier molecular flexibility index (Phi) is 3.41. The van der Waals surface area contributed by atoms with Gasteiger partial charge < -0.3 is 15.3 Å². The van der Waals surface area contributed by atoms with Gasteiger partial charge in [-0.15, -0.1) is 0 Å². The third-order valence-electron chi connectivity index (χ3n) is 4.18. The summed E-state index contributed by atoms with van der Waals surface area (Å²) in [6, 6.07) is 8.02. The van der Waals surface area contributed by atoms with Gasteiger partial charge in [-0.3, -0.25) is 9.59 Å². The van der Waals surface area contributed by atoms with Crippen LogP contribution in [0.15, 0.2) is 35.6 Å². The molecule has 0 fully saturated rings. The first-order valence-electron chi connectivity index (χ1n) is 7.14. The van der Waals surface area contributed by atoms with Crippen LogP contribution in [0.4, 0.5) is 0 Å². The van der Waals surface area contributed by atoms with Crippen LogP contribution in [-0.4, -0.2) is 35.4 Å². The van der Waals surface area contributed by atoms with Crippen molar-refractivity contribution in [2.75, 3.05) is 13.6 Å². The molecule has 110 valence electrons. The van der Waals surface area contributed by atoms with Gasteiger partial charge in [0.15, 0.2) is 5.76 Å². The van der Waals surface area contributed by atoms with Crippen LogP contribution in [0, 0.1) is 0 Å². The number of aliphatic hydroxyl groups is 1. The minimum Gasteiger partial charge on any atom is -0.503 e. The number of nitrogens with one attached hydrogen (secondary N) is 1. The molecule has 0 saturated carbocycles. The van der Waals surface area contributed by atoms with Crippen LogP contribution in [0.1, 0.15) is 30.0 Å². The number of amides is 2. The number of carbonyl (C=O) groups excluding carboxylic acids is 2. The first kappa shape index (κ1) is 13.7. The van der Waals surface area contributed by atoms with Crippen molar-refractivity contribution in [3.05, 3.63) is 46.7 Å². The second-order valence-corrected chi connectivity index (χ2v) is 5.61. The number of fused-ring (bicyclic) bond motifs is 1.